The van der Waals surface area contributed by atoms with Gasteiger partial charge in [0, 0.05) is 10.0 Å². The van der Waals surface area contributed by atoms with Gasteiger partial charge in [-0.25, -0.2) is 0 Å². The van der Waals surface area contributed by atoms with Gasteiger partial charge in [0.1, 0.15) is 0 Å². The minimum absolute atomic E-state index is 0.229. The summed E-state index contributed by atoms with van der Waals surface area (Å²) >= 11 is 3.68. The van der Waals surface area contributed by atoms with Gasteiger partial charge in [-0.05, 0) is 63.3 Å². The van der Waals surface area contributed by atoms with Gasteiger partial charge in [0.25, 0.3) is 0 Å². The van der Waals surface area contributed by atoms with Gasteiger partial charge in [0.05, 0.1) is 0 Å². The zero-order valence-electron chi connectivity index (χ0n) is 10.3. The van der Waals surface area contributed by atoms with Crippen molar-refractivity contribution in [3.63, 3.8) is 0 Å². The Kier molecular flexibility index (Phi) is 3.41. The van der Waals surface area contributed by atoms with E-state index in [-0.39, 0.29) is 5.54 Å². The van der Waals surface area contributed by atoms with Gasteiger partial charge < -0.3 is 5.32 Å². The lowest BCUT2D eigenvalue weighted by molar-refractivity contribution is 0.243. The third kappa shape index (κ3) is 2.18. The normalized spacial score (nSPS) is 20.6. The minimum atomic E-state index is 0.229. The van der Waals surface area contributed by atoms with Crippen LogP contribution in [-0.2, 0) is 12.8 Å². The summed E-state index contributed by atoms with van der Waals surface area (Å²) in [6.45, 7) is 4.61. The topological polar surface area (TPSA) is 12.0 Å². The van der Waals surface area contributed by atoms with E-state index in [0.29, 0.717) is 0 Å². The SMILES string of the molecule is CNC(C)(C)C1CCc2cccc(Br)c2C1. The minimum Gasteiger partial charge on any atom is -0.315 e. The highest BCUT2D eigenvalue weighted by Gasteiger charge is 2.31. The zero-order valence-corrected chi connectivity index (χ0v) is 11.9. The van der Waals surface area contributed by atoms with Crippen molar-refractivity contribution in [3.05, 3.63) is 33.8 Å². The van der Waals surface area contributed by atoms with Crippen LogP contribution in [-0.4, -0.2) is 12.6 Å². The molecule has 0 saturated carbocycles. The smallest absolute Gasteiger partial charge is 0.0210 e. The summed E-state index contributed by atoms with van der Waals surface area (Å²) < 4.78 is 1.28. The highest BCUT2D eigenvalue weighted by atomic mass is 79.9. The number of halogens is 1. The third-order valence-electron chi connectivity index (χ3n) is 4.09. The lowest BCUT2D eigenvalue weighted by Crippen LogP contribution is -2.46. The third-order valence-corrected chi connectivity index (χ3v) is 4.84. The maximum atomic E-state index is 3.68. The molecule has 1 nitrogen and oxygen atoms in total. The molecule has 0 bridgehead atoms. The summed E-state index contributed by atoms with van der Waals surface area (Å²) in [5.74, 6) is 0.726. The van der Waals surface area contributed by atoms with E-state index in [0.717, 1.165) is 5.92 Å². The molecule has 1 aliphatic carbocycles. The van der Waals surface area contributed by atoms with Crippen LogP contribution >= 0.6 is 15.9 Å². The van der Waals surface area contributed by atoms with Crippen LogP contribution in [0.5, 0.6) is 0 Å². The summed E-state index contributed by atoms with van der Waals surface area (Å²) in [6, 6.07) is 6.57. The van der Waals surface area contributed by atoms with Crippen molar-refractivity contribution >= 4 is 15.9 Å². The first-order chi connectivity index (χ1) is 7.54. The maximum absolute atomic E-state index is 3.68. The molecule has 0 radical (unpaired) electrons. The molecular weight excluding hydrogens is 262 g/mol. The standard InChI is InChI=1S/C14H20BrN/c1-14(2,16-3)11-8-7-10-5-4-6-13(15)12(10)9-11/h4-6,11,16H,7-9H2,1-3H3. The summed E-state index contributed by atoms with van der Waals surface area (Å²) in [7, 11) is 2.07. The highest BCUT2D eigenvalue weighted by Crippen LogP contribution is 2.35. The van der Waals surface area contributed by atoms with Gasteiger partial charge in [-0.15, -0.1) is 0 Å². The molecule has 1 N–H and O–H groups in total. The number of aryl methyl sites for hydroxylation is 1. The van der Waals surface area contributed by atoms with Crippen molar-refractivity contribution in [3.8, 4) is 0 Å². The van der Waals surface area contributed by atoms with E-state index in [4.69, 9.17) is 0 Å². The Morgan fingerprint density at radius 3 is 2.81 bits per heavy atom. The maximum Gasteiger partial charge on any atom is 0.0210 e. The van der Waals surface area contributed by atoms with E-state index in [1.807, 2.05) is 0 Å². The van der Waals surface area contributed by atoms with E-state index < -0.39 is 0 Å². The molecule has 2 heteroatoms. The van der Waals surface area contributed by atoms with Crippen LogP contribution in [0.4, 0.5) is 0 Å². The molecule has 2 rings (SSSR count). The van der Waals surface area contributed by atoms with Crippen molar-refractivity contribution in [2.45, 2.75) is 38.6 Å². The quantitative estimate of drug-likeness (QED) is 0.874. The number of rotatable bonds is 2. The average molecular weight is 282 g/mol. The fourth-order valence-corrected chi connectivity index (χ4v) is 3.13. The van der Waals surface area contributed by atoms with Crippen molar-refractivity contribution in [2.75, 3.05) is 7.05 Å². The molecule has 1 atom stereocenters. The molecule has 1 aromatic carbocycles. The van der Waals surface area contributed by atoms with Crippen LogP contribution in [0.1, 0.15) is 31.4 Å². The lowest BCUT2D eigenvalue weighted by atomic mass is 9.74. The average Bonchev–Trinajstić information content (AvgIpc) is 2.29. The van der Waals surface area contributed by atoms with Crippen LogP contribution < -0.4 is 5.32 Å². The Bertz CT molecular complexity index is 384. The predicted molar refractivity (Wildman–Crippen MR) is 72.8 cm³/mol. The molecule has 0 heterocycles. The molecule has 1 aromatic rings. The highest BCUT2D eigenvalue weighted by molar-refractivity contribution is 9.10. The number of hydrogen-bond acceptors (Lipinski definition) is 1. The van der Waals surface area contributed by atoms with Crippen LogP contribution in [0.25, 0.3) is 0 Å². The largest absolute Gasteiger partial charge is 0.315 e. The molecule has 16 heavy (non-hydrogen) atoms. The molecule has 0 aromatic heterocycles. The Morgan fingerprint density at radius 1 is 1.38 bits per heavy atom. The van der Waals surface area contributed by atoms with Gasteiger partial charge in [-0.1, -0.05) is 28.1 Å². The second-order valence-corrected chi connectivity index (χ2v) is 6.14. The van der Waals surface area contributed by atoms with E-state index in [2.05, 4.69) is 60.3 Å². The molecule has 0 aliphatic heterocycles. The fourth-order valence-electron chi connectivity index (χ4n) is 2.56. The molecule has 0 saturated heterocycles. The van der Waals surface area contributed by atoms with Crippen LogP contribution in [0.15, 0.2) is 22.7 Å². The molecule has 0 fully saturated rings. The van der Waals surface area contributed by atoms with Crippen molar-refractivity contribution < 1.29 is 0 Å². The summed E-state index contributed by atoms with van der Waals surface area (Å²) in [5, 5.41) is 3.45. The first-order valence-electron chi connectivity index (χ1n) is 6.00. The Morgan fingerprint density at radius 2 is 2.12 bits per heavy atom. The van der Waals surface area contributed by atoms with Crippen molar-refractivity contribution in [1.29, 1.82) is 0 Å². The van der Waals surface area contributed by atoms with Crippen LogP contribution in [0.2, 0.25) is 0 Å². The van der Waals surface area contributed by atoms with E-state index >= 15 is 0 Å². The molecule has 1 aliphatic rings. The molecule has 0 amide bonds. The van der Waals surface area contributed by atoms with Gasteiger partial charge >= 0.3 is 0 Å². The second-order valence-electron chi connectivity index (χ2n) is 5.29. The fraction of sp³-hybridized carbons (Fsp3) is 0.571. The van der Waals surface area contributed by atoms with E-state index in [9.17, 15) is 0 Å². The number of hydrogen-bond donors (Lipinski definition) is 1. The van der Waals surface area contributed by atoms with Crippen molar-refractivity contribution in [2.24, 2.45) is 5.92 Å². The number of benzene rings is 1. The Labute approximate surface area is 107 Å². The second kappa shape index (κ2) is 4.50. The van der Waals surface area contributed by atoms with Crippen LogP contribution in [0.3, 0.4) is 0 Å². The Hall–Kier alpha value is -0.340. The summed E-state index contributed by atoms with van der Waals surface area (Å²) in [6.07, 6.45) is 3.69. The first kappa shape index (κ1) is 12.1. The van der Waals surface area contributed by atoms with Gasteiger partial charge in [-0.3, -0.25) is 0 Å². The number of fused-ring (bicyclic) bond motifs is 1. The van der Waals surface area contributed by atoms with E-state index in [1.165, 1.54) is 34.9 Å². The molecule has 88 valence electrons. The molecular formula is C14H20BrN. The zero-order chi connectivity index (χ0) is 11.8. The summed E-state index contributed by atoms with van der Waals surface area (Å²) in [5.41, 5.74) is 3.27. The van der Waals surface area contributed by atoms with Crippen molar-refractivity contribution in [1.82, 2.24) is 5.32 Å². The van der Waals surface area contributed by atoms with Gasteiger partial charge in [0.15, 0.2) is 0 Å². The summed E-state index contributed by atoms with van der Waals surface area (Å²) in [4.78, 5) is 0. The van der Waals surface area contributed by atoms with Gasteiger partial charge in [-0.2, -0.15) is 0 Å². The van der Waals surface area contributed by atoms with E-state index in [1.54, 1.807) is 0 Å². The first-order valence-corrected chi connectivity index (χ1v) is 6.79. The molecule has 1 unspecified atom stereocenters. The lowest BCUT2D eigenvalue weighted by Gasteiger charge is -2.38. The monoisotopic (exact) mass is 281 g/mol. The van der Waals surface area contributed by atoms with Gasteiger partial charge in [0.2, 0.25) is 0 Å². The number of nitrogens with one attached hydrogen (secondary N) is 1. The molecule has 0 spiro atoms. The van der Waals surface area contributed by atoms with Crippen LogP contribution in [0, 0.1) is 5.92 Å². The Balaban J connectivity index is 2.27. The predicted octanol–water partition coefficient (Wildman–Crippen LogP) is 3.55.